The molecule has 2 N–H and O–H groups in total. The number of nitrogens with zero attached hydrogens (tertiary/aromatic N) is 1. The molecule has 0 spiro atoms. The third-order valence-corrected chi connectivity index (χ3v) is 2.18. The predicted octanol–water partition coefficient (Wildman–Crippen LogP) is 1.03. The molecule has 68 valence electrons. The van der Waals surface area contributed by atoms with Gasteiger partial charge in [0.2, 0.25) is 5.88 Å². The summed E-state index contributed by atoms with van der Waals surface area (Å²) in [6, 6.07) is 1.95. The largest absolute Gasteiger partial charge is 0.411 e. The molecule has 0 saturated carbocycles. The first-order valence-electron chi connectivity index (χ1n) is 4.21. The molecule has 4 heteroatoms. The van der Waals surface area contributed by atoms with Crippen molar-refractivity contribution in [2.75, 3.05) is 0 Å². The first-order chi connectivity index (χ1) is 6.27. The zero-order valence-corrected chi connectivity index (χ0v) is 7.12. The van der Waals surface area contributed by atoms with Gasteiger partial charge in [-0.2, -0.15) is 0 Å². The molecule has 1 aromatic rings. The van der Waals surface area contributed by atoms with E-state index in [2.05, 4.69) is 4.98 Å². The molecule has 2 rings (SSSR count). The average molecular weight is 178 g/mol. The highest BCUT2D eigenvalue weighted by atomic mass is 16.6. The molecule has 1 aromatic heterocycles. The highest BCUT2D eigenvalue weighted by molar-refractivity contribution is 5.68. The van der Waals surface area contributed by atoms with Crippen LogP contribution in [0.15, 0.2) is 12.3 Å². The van der Waals surface area contributed by atoms with Gasteiger partial charge in [0.15, 0.2) is 0 Å². The van der Waals surface area contributed by atoms with Gasteiger partial charge in [-0.15, -0.1) is 0 Å². The standard InChI is InChI=1S/C9H10N2O2/c10-9(12)13-8-7-3-1-2-6(7)4-5-11-8/h4-5H,1-3H2,(H2,10,12). The summed E-state index contributed by atoms with van der Waals surface area (Å²) in [7, 11) is 0. The second-order valence-electron chi connectivity index (χ2n) is 3.03. The smallest absolute Gasteiger partial charge is 0.391 e. The topological polar surface area (TPSA) is 65.2 Å². The van der Waals surface area contributed by atoms with Crippen LogP contribution >= 0.6 is 0 Å². The Morgan fingerprint density at radius 2 is 2.38 bits per heavy atom. The van der Waals surface area contributed by atoms with Crippen molar-refractivity contribution in [1.82, 2.24) is 4.98 Å². The molecule has 0 saturated heterocycles. The van der Waals surface area contributed by atoms with E-state index in [1.54, 1.807) is 6.20 Å². The Labute approximate surface area is 75.7 Å². The normalized spacial score (nSPS) is 13.8. The number of carbonyl (C=O) groups excluding carboxylic acids is 1. The lowest BCUT2D eigenvalue weighted by Gasteiger charge is -2.04. The van der Waals surface area contributed by atoms with Crippen molar-refractivity contribution in [2.45, 2.75) is 19.3 Å². The first kappa shape index (κ1) is 8.04. The zero-order chi connectivity index (χ0) is 9.26. The summed E-state index contributed by atoms with van der Waals surface area (Å²) in [5.41, 5.74) is 7.16. The van der Waals surface area contributed by atoms with Gasteiger partial charge in [0, 0.05) is 11.8 Å². The molecule has 0 atom stereocenters. The number of ether oxygens (including phenoxy) is 1. The number of hydrogen-bond acceptors (Lipinski definition) is 3. The van der Waals surface area contributed by atoms with E-state index in [0.29, 0.717) is 5.88 Å². The van der Waals surface area contributed by atoms with E-state index in [1.165, 1.54) is 5.56 Å². The summed E-state index contributed by atoms with van der Waals surface area (Å²) in [5.74, 6) is 0.377. The number of pyridine rings is 1. The molecule has 13 heavy (non-hydrogen) atoms. The average Bonchev–Trinajstić information content (AvgIpc) is 2.51. The van der Waals surface area contributed by atoms with Crippen LogP contribution in [0.25, 0.3) is 0 Å². The van der Waals surface area contributed by atoms with Crippen molar-refractivity contribution in [2.24, 2.45) is 5.73 Å². The van der Waals surface area contributed by atoms with Gasteiger partial charge in [-0.3, -0.25) is 0 Å². The molecule has 0 radical (unpaired) electrons. The predicted molar refractivity (Wildman–Crippen MR) is 46.5 cm³/mol. The molecular weight excluding hydrogens is 168 g/mol. The molecule has 1 amide bonds. The Morgan fingerprint density at radius 1 is 1.54 bits per heavy atom. The summed E-state index contributed by atoms with van der Waals surface area (Å²) in [5, 5.41) is 0. The minimum Gasteiger partial charge on any atom is -0.391 e. The van der Waals surface area contributed by atoms with Crippen molar-refractivity contribution < 1.29 is 9.53 Å². The highest BCUT2D eigenvalue weighted by Gasteiger charge is 2.17. The third-order valence-electron chi connectivity index (χ3n) is 2.18. The Kier molecular flexibility index (Phi) is 1.88. The number of aryl methyl sites for hydroxylation is 1. The van der Waals surface area contributed by atoms with Crippen LogP contribution in [-0.2, 0) is 12.8 Å². The fraction of sp³-hybridized carbons (Fsp3) is 0.333. The molecule has 0 aliphatic heterocycles. The second kappa shape index (κ2) is 3.05. The van der Waals surface area contributed by atoms with E-state index in [1.807, 2.05) is 6.07 Å². The van der Waals surface area contributed by atoms with Crippen LogP contribution in [0.1, 0.15) is 17.5 Å². The van der Waals surface area contributed by atoms with Gasteiger partial charge < -0.3 is 10.5 Å². The number of aromatic nitrogens is 1. The van der Waals surface area contributed by atoms with E-state index in [-0.39, 0.29) is 0 Å². The van der Waals surface area contributed by atoms with Gasteiger partial charge in [0.05, 0.1) is 0 Å². The summed E-state index contributed by atoms with van der Waals surface area (Å²) in [4.78, 5) is 14.5. The van der Waals surface area contributed by atoms with Crippen molar-refractivity contribution in [3.05, 3.63) is 23.4 Å². The van der Waals surface area contributed by atoms with Crippen LogP contribution in [0, 0.1) is 0 Å². The fourth-order valence-electron chi connectivity index (χ4n) is 1.65. The van der Waals surface area contributed by atoms with E-state index < -0.39 is 6.09 Å². The van der Waals surface area contributed by atoms with Crippen molar-refractivity contribution in [3.8, 4) is 5.88 Å². The first-order valence-corrected chi connectivity index (χ1v) is 4.21. The summed E-state index contributed by atoms with van der Waals surface area (Å²) < 4.78 is 4.78. The van der Waals surface area contributed by atoms with E-state index >= 15 is 0 Å². The third kappa shape index (κ3) is 1.47. The number of amides is 1. The zero-order valence-electron chi connectivity index (χ0n) is 7.12. The summed E-state index contributed by atoms with van der Waals surface area (Å²) in [6.07, 6.45) is 3.89. The van der Waals surface area contributed by atoms with E-state index in [9.17, 15) is 4.79 Å². The van der Waals surface area contributed by atoms with Crippen LogP contribution in [0.5, 0.6) is 5.88 Å². The maximum atomic E-state index is 10.5. The van der Waals surface area contributed by atoms with Crippen molar-refractivity contribution in [3.63, 3.8) is 0 Å². The fourth-order valence-corrected chi connectivity index (χ4v) is 1.65. The number of nitrogens with two attached hydrogens (primary N) is 1. The molecule has 4 nitrogen and oxygen atoms in total. The molecule has 0 bridgehead atoms. The monoisotopic (exact) mass is 178 g/mol. The molecule has 1 aliphatic rings. The number of fused-ring (bicyclic) bond motifs is 1. The number of carbonyl (C=O) groups is 1. The molecule has 0 aromatic carbocycles. The van der Waals surface area contributed by atoms with Crippen LogP contribution in [-0.4, -0.2) is 11.1 Å². The molecule has 0 unspecified atom stereocenters. The van der Waals surface area contributed by atoms with E-state index in [0.717, 1.165) is 24.8 Å². The van der Waals surface area contributed by atoms with Crippen LogP contribution < -0.4 is 10.5 Å². The Balaban J connectivity index is 2.36. The van der Waals surface area contributed by atoms with Gasteiger partial charge >= 0.3 is 6.09 Å². The summed E-state index contributed by atoms with van der Waals surface area (Å²) >= 11 is 0. The second-order valence-corrected chi connectivity index (χ2v) is 3.03. The Morgan fingerprint density at radius 3 is 3.15 bits per heavy atom. The molecular formula is C9H10N2O2. The van der Waals surface area contributed by atoms with Gasteiger partial charge in [-0.25, -0.2) is 9.78 Å². The lowest BCUT2D eigenvalue weighted by molar-refractivity contribution is 0.208. The van der Waals surface area contributed by atoms with Gasteiger partial charge in [0.1, 0.15) is 0 Å². The van der Waals surface area contributed by atoms with Crippen LogP contribution in [0.3, 0.4) is 0 Å². The van der Waals surface area contributed by atoms with E-state index in [4.69, 9.17) is 10.5 Å². The summed E-state index contributed by atoms with van der Waals surface area (Å²) in [6.45, 7) is 0. The van der Waals surface area contributed by atoms with Gasteiger partial charge in [-0.05, 0) is 30.9 Å². The minimum absolute atomic E-state index is 0.377. The Hall–Kier alpha value is -1.58. The quantitative estimate of drug-likeness (QED) is 0.698. The maximum absolute atomic E-state index is 10.5. The minimum atomic E-state index is -0.798. The lowest BCUT2D eigenvalue weighted by atomic mass is 10.2. The Bertz CT molecular complexity index is 349. The van der Waals surface area contributed by atoms with Crippen molar-refractivity contribution in [1.29, 1.82) is 0 Å². The van der Waals surface area contributed by atoms with Crippen molar-refractivity contribution >= 4 is 6.09 Å². The molecule has 1 heterocycles. The lowest BCUT2D eigenvalue weighted by Crippen LogP contribution is -2.17. The highest BCUT2D eigenvalue weighted by Crippen LogP contribution is 2.28. The maximum Gasteiger partial charge on any atom is 0.411 e. The molecule has 0 fully saturated rings. The molecule has 1 aliphatic carbocycles. The van der Waals surface area contributed by atoms with Crippen LogP contribution in [0.2, 0.25) is 0 Å². The number of hydrogen-bond donors (Lipinski definition) is 1. The number of rotatable bonds is 1. The van der Waals surface area contributed by atoms with Crippen LogP contribution in [0.4, 0.5) is 4.79 Å². The number of primary amides is 1. The van der Waals surface area contributed by atoms with Gasteiger partial charge in [-0.1, -0.05) is 0 Å². The SMILES string of the molecule is NC(=O)Oc1nccc2c1CCC2. The van der Waals surface area contributed by atoms with Gasteiger partial charge in [0.25, 0.3) is 0 Å².